The summed E-state index contributed by atoms with van der Waals surface area (Å²) in [5.41, 5.74) is 1.07. The van der Waals surface area contributed by atoms with Crippen molar-refractivity contribution < 1.29 is 24.2 Å². The number of carbonyl (C=O) groups excluding carboxylic acids is 1. The monoisotopic (exact) mass is 429 g/mol. The number of nitrogens with zero attached hydrogens (tertiary/aromatic N) is 1. The fraction of sp³-hybridized carbons (Fsp3) is 0.391. The van der Waals surface area contributed by atoms with Crippen LogP contribution in [-0.4, -0.2) is 45.5 Å². The summed E-state index contributed by atoms with van der Waals surface area (Å²) in [4.78, 5) is 36.9. The third-order valence-electron chi connectivity index (χ3n) is 5.77. The van der Waals surface area contributed by atoms with Gasteiger partial charge in [0.1, 0.15) is 12.2 Å². The van der Waals surface area contributed by atoms with Gasteiger partial charge in [-0.25, -0.2) is 4.79 Å². The van der Waals surface area contributed by atoms with Gasteiger partial charge in [-0.05, 0) is 24.0 Å². The molecule has 0 radical (unpaired) electrons. The van der Waals surface area contributed by atoms with Gasteiger partial charge in [0.05, 0.1) is 5.66 Å². The average molecular weight is 429 g/mol. The SMILES string of the molecule is CCCC(c1ccccc1)P(=O)(O)CC(=O)N1CC(c2ccccc2)C[C@H]1C(=O)O. The van der Waals surface area contributed by atoms with E-state index in [1.807, 2.05) is 55.5 Å². The second kappa shape index (κ2) is 9.59. The summed E-state index contributed by atoms with van der Waals surface area (Å²) in [7, 11) is -3.88. The lowest BCUT2D eigenvalue weighted by molar-refractivity contribution is -0.147. The molecule has 1 aliphatic heterocycles. The molecule has 0 bridgehead atoms. The highest BCUT2D eigenvalue weighted by Crippen LogP contribution is 2.57. The van der Waals surface area contributed by atoms with Crippen molar-refractivity contribution in [3.05, 3.63) is 71.8 Å². The Hall–Kier alpha value is -2.43. The molecule has 30 heavy (non-hydrogen) atoms. The van der Waals surface area contributed by atoms with Crippen LogP contribution in [-0.2, 0) is 14.2 Å². The lowest BCUT2D eigenvalue weighted by Crippen LogP contribution is -2.42. The van der Waals surface area contributed by atoms with Crippen molar-refractivity contribution in [2.45, 2.75) is 43.8 Å². The maximum Gasteiger partial charge on any atom is 0.326 e. The summed E-state index contributed by atoms with van der Waals surface area (Å²) in [6.07, 6.45) is 0.950. The molecular formula is C23H28NO5P. The van der Waals surface area contributed by atoms with E-state index in [2.05, 4.69) is 0 Å². The topological polar surface area (TPSA) is 94.9 Å². The summed E-state index contributed by atoms with van der Waals surface area (Å²) in [6.45, 7) is 2.17. The van der Waals surface area contributed by atoms with E-state index in [1.54, 1.807) is 12.1 Å². The molecule has 2 aromatic rings. The third-order valence-corrected chi connectivity index (χ3v) is 8.03. The van der Waals surface area contributed by atoms with E-state index in [4.69, 9.17) is 0 Å². The summed E-state index contributed by atoms with van der Waals surface area (Å²) in [5, 5.41) is 9.64. The molecule has 0 saturated carbocycles. The number of benzene rings is 2. The molecule has 1 fully saturated rings. The Morgan fingerprint density at radius 3 is 2.27 bits per heavy atom. The van der Waals surface area contributed by atoms with Crippen LogP contribution in [0.15, 0.2) is 60.7 Å². The largest absolute Gasteiger partial charge is 0.480 e. The first-order valence-electron chi connectivity index (χ1n) is 10.3. The van der Waals surface area contributed by atoms with E-state index in [1.165, 1.54) is 4.90 Å². The molecule has 6 nitrogen and oxygen atoms in total. The highest BCUT2D eigenvalue weighted by atomic mass is 31.2. The molecule has 1 amide bonds. The fourth-order valence-electron chi connectivity index (χ4n) is 4.26. The maximum absolute atomic E-state index is 13.3. The number of amides is 1. The van der Waals surface area contributed by atoms with Crippen LogP contribution in [0.1, 0.15) is 48.9 Å². The zero-order valence-electron chi connectivity index (χ0n) is 17.1. The van der Waals surface area contributed by atoms with E-state index in [9.17, 15) is 24.2 Å². The van der Waals surface area contributed by atoms with Crippen molar-refractivity contribution in [1.29, 1.82) is 0 Å². The van der Waals surface area contributed by atoms with Crippen molar-refractivity contribution >= 4 is 19.2 Å². The van der Waals surface area contributed by atoms with E-state index in [0.717, 1.165) is 11.1 Å². The molecule has 7 heteroatoms. The molecule has 4 atom stereocenters. The fourth-order valence-corrected chi connectivity index (χ4v) is 6.35. The lowest BCUT2D eigenvalue weighted by Gasteiger charge is -2.27. The zero-order chi connectivity index (χ0) is 21.7. The quantitative estimate of drug-likeness (QED) is 0.611. The third kappa shape index (κ3) is 5.00. The van der Waals surface area contributed by atoms with Crippen molar-refractivity contribution in [3.8, 4) is 0 Å². The Bertz CT molecular complexity index is 918. The van der Waals surface area contributed by atoms with Gasteiger partial charge in [0.15, 0.2) is 0 Å². The predicted molar refractivity (Wildman–Crippen MR) is 116 cm³/mol. The van der Waals surface area contributed by atoms with Gasteiger partial charge in [-0.2, -0.15) is 0 Å². The number of carboxylic acids is 1. The smallest absolute Gasteiger partial charge is 0.326 e. The zero-order valence-corrected chi connectivity index (χ0v) is 17.9. The molecule has 0 spiro atoms. The van der Waals surface area contributed by atoms with Crippen LogP contribution in [0, 0.1) is 0 Å². The highest BCUT2D eigenvalue weighted by molar-refractivity contribution is 7.59. The second-order valence-electron chi connectivity index (χ2n) is 7.87. The van der Waals surface area contributed by atoms with Crippen LogP contribution in [0.5, 0.6) is 0 Å². The van der Waals surface area contributed by atoms with Crippen LogP contribution in [0.25, 0.3) is 0 Å². The molecule has 3 unspecified atom stereocenters. The molecule has 0 aliphatic carbocycles. The minimum absolute atomic E-state index is 0.102. The Balaban J connectivity index is 1.80. The summed E-state index contributed by atoms with van der Waals surface area (Å²) in [5.74, 6) is -1.75. The number of aliphatic carboxylic acids is 1. The number of hydrogen-bond acceptors (Lipinski definition) is 3. The minimum atomic E-state index is -3.88. The average Bonchev–Trinajstić information content (AvgIpc) is 3.19. The number of hydrogen-bond donors (Lipinski definition) is 2. The summed E-state index contributed by atoms with van der Waals surface area (Å²) >= 11 is 0. The van der Waals surface area contributed by atoms with Crippen molar-refractivity contribution in [1.82, 2.24) is 4.90 Å². The standard InChI is InChI=1S/C23H28NO5P/c1-2-9-21(18-12-7-4-8-13-18)30(28,29)16-22(25)24-15-19(14-20(24)23(26)27)17-10-5-3-6-11-17/h3-8,10-13,19-21H,2,9,14-16H2,1H3,(H,26,27)(H,28,29)/t19?,20-,21?/m0/s1. The summed E-state index contributed by atoms with van der Waals surface area (Å²) in [6, 6.07) is 17.6. The van der Waals surface area contributed by atoms with E-state index < -0.39 is 37.1 Å². The van der Waals surface area contributed by atoms with Crippen LogP contribution in [0.3, 0.4) is 0 Å². The first-order chi connectivity index (χ1) is 14.3. The normalized spacial score (nSPS) is 21.7. The Morgan fingerprint density at radius 2 is 1.70 bits per heavy atom. The Labute approximate surface area is 177 Å². The van der Waals surface area contributed by atoms with Crippen LogP contribution < -0.4 is 0 Å². The van der Waals surface area contributed by atoms with Gasteiger partial charge >= 0.3 is 5.97 Å². The second-order valence-corrected chi connectivity index (χ2v) is 10.3. The number of carbonyl (C=O) groups is 2. The van der Waals surface area contributed by atoms with Crippen molar-refractivity contribution in [2.75, 3.05) is 12.7 Å². The lowest BCUT2D eigenvalue weighted by atomic mass is 9.96. The van der Waals surface area contributed by atoms with Crippen LogP contribution >= 0.6 is 7.37 Å². The van der Waals surface area contributed by atoms with Crippen molar-refractivity contribution in [3.63, 3.8) is 0 Å². The molecule has 1 aliphatic rings. The first kappa shape index (κ1) is 22.3. The van der Waals surface area contributed by atoms with Gasteiger partial charge in [0.25, 0.3) is 0 Å². The van der Waals surface area contributed by atoms with Gasteiger partial charge in [-0.15, -0.1) is 0 Å². The summed E-state index contributed by atoms with van der Waals surface area (Å²) < 4.78 is 13.3. The maximum atomic E-state index is 13.3. The Morgan fingerprint density at radius 1 is 1.10 bits per heavy atom. The van der Waals surface area contributed by atoms with Gasteiger partial charge in [-0.1, -0.05) is 74.0 Å². The molecule has 160 valence electrons. The van der Waals surface area contributed by atoms with Gasteiger partial charge in [0, 0.05) is 12.5 Å². The number of likely N-dealkylation sites (tertiary alicyclic amines) is 1. The number of rotatable bonds is 8. The van der Waals surface area contributed by atoms with E-state index in [-0.39, 0.29) is 12.5 Å². The minimum Gasteiger partial charge on any atom is -0.480 e. The molecular weight excluding hydrogens is 401 g/mol. The molecule has 3 rings (SSSR count). The highest BCUT2D eigenvalue weighted by Gasteiger charge is 2.43. The molecule has 0 aromatic heterocycles. The molecule has 1 saturated heterocycles. The first-order valence-corrected chi connectivity index (χ1v) is 12.2. The number of carboxylic acid groups (broad SMARTS) is 1. The molecule has 2 N–H and O–H groups in total. The van der Waals surface area contributed by atoms with Gasteiger partial charge in [0.2, 0.25) is 13.3 Å². The van der Waals surface area contributed by atoms with E-state index in [0.29, 0.717) is 19.3 Å². The molecule has 1 heterocycles. The van der Waals surface area contributed by atoms with Crippen molar-refractivity contribution in [2.24, 2.45) is 0 Å². The Kier molecular flexibility index (Phi) is 7.11. The molecule has 2 aromatic carbocycles. The van der Waals surface area contributed by atoms with Crippen LogP contribution in [0.2, 0.25) is 0 Å². The van der Waals surface area contributed by atoms with Gasteiger partial charge in [-0.3, -0.25) is 9.36 Å². The van der Waals surface area contributed by atoms with E-state index >= 15 is 0 Å². The van der Waals surface area contributed by atoms with Crippen LogP contribution in [0.4, 0.5) is 0 Å². The predicted octanol–water partition coefficient (Wildman–Crippen LogP) is 4.27. The van der Waals surface area contributed by atoms with Gasteiger partial charge < -0.3 is 14.9 Å².